The summed E-state index contributed by atoms with van der Waals surface area (Å²) in [5.74, 6) is 0.957. The maximum Gasteiger partial charge on any atom is 0.151 e. The maximum atomic E-state index is 10.6. The van der Waals surface area contributed by atoms with Crippen LogP contribution < -0.4 is 10.6 Å². The van der Waals surface area contributed by atoms with Crippen LogP contribution in [0.2, 0.25) is 5.02 Å². The van der Waals surface area contributed by atoms with Gasteiger partial charge in [-0.05, 0) is 18.9 Å². The van der Waals surface area contributed by atoms with Crippen molar-refractivity contribution in [1.82, 2.24) is 4.98 Å². The van der Waals surface area contributed by atoms with Crippen molar-refractivity contribution in [2.24, 2.45) is 5.92 Å². The summed E-state index contributed by atoms with van der Waals surface area (Å²) in [4.78, 5) is 17.0. The average molecular weight is 240 g/mol. The molecule has 1 saturated heterocycles. The average Bonchev–Trinajstić information content (AvgIpc) is 2.29. The molecule has 0 spiro atoms. The highest BCUT2D eigenvalue weighted by Gasteiger charge is 2.20. The van der Waals surface area contributed by atoms with Gasteiger partial charge >= 0.3 is 0 Å². The molecule has 86 valence electrons. The van der Waals surface area contributed by atoms with Crippen LogP contribution in [0.3, 0.4) is 0 Å². The molecule has 0 unspecified atom stereocenters. The van der Waals surface area contributed by atoms with E-state index in [-0.39, 0.29) is 5.92 Å². The number of nitrogen functional groups attached to an aromatic ring is 1. The quantitative estimate of drug-likeness (QED) is 0.799. The highest BCUT2D eigenvalue weighted by atomic mass is 35.5. The van der Waals surface area contributed by atoms with Crippen LogP contribution in [-0.2, 0) is 4.79 Å². The van der Waals surface area contributed by atoms with Gasteiger partial charge in [-0.15, -0.1) is 0 Å². The first kappa shape index (κ1) is 11.2. The molecule has 1 fully saturated rings. The number of nitrogens with zero attached hydrogens (tertiary/aromatic N) is 2. The summed E-state index contributed by atoms with van der Waals surface area (Å²) in [6.45, 7) is 1.64. The molecule has 0 bridgehead atoms. The van der Waals surface area contributed by atoms with Crippen molar-refractivity contribution in [2.45, 2.75) is 12.8 Å². The Kier molecular flexibility index (Phi) is 3.29. The van der Waals surface area contributed by atoms with Gasteiger partial charge in [-0.25, -0.2) is 4.98 Å². The molecular formula is C11H14ClN3O. The lowest BCUT2D eigenvalue weighted by molar-refractivity contribution is -0.111. The maximum absolute atomic E-state index is 10.6. The monoisotopic (exact) mass is 239 g/mol. The SMILES string of the molecule is Nc1cc(Cl)cnc1N1CCC(C=O)CC1. The molecule has 4 nitrogen and oxygen atoms in total. The molecule has 2 N–H and O–H groups in total. The Hall–Kier alpha value is -1.29. The van der Waals surface area contributed by atoms with Crippen LogP contribution in [0.5, 0.6) is 0 Å². The molecule has 0 atom stereocenters. The molecule has 0 aromatic carbocycles. The van der Waals surface area contributed by atoms with Gasteiger partial charge < -0.3 is 15.4 Å². The Labute approximate surface area is 99.4 Å². The second-order valence-corrected chi connectivity index (χ2v) is 4.46. The highest BCUT2D eigenvalue weighted by Crippen LogP contribution is 2.27. The molecule has 1 aromatic rings. The van der Waals surface area contributed by atoms with E-state index in [1.54, 1.807) is 12.3 Å². The van der Waals surface area contributed by atoms with E-state index in [1.807, 2.05) is 0 Å². The van der Waals surface area contributed by atoms with Gasteiger partial charge in [0.25, 0.3) is 0 Å². The summed E-state index contributed by atoms with van der Waals surface area (Å²) in [6.07, 6.45) is 4.37. The summed E-state index contributed by atoms with van der Waals surface area (Å²) >= 11 is 5.79. The normalized spacial score (nSPS) is 17.4. The van der Waals surface area contributed by atoms with Gasteiger partial charge in [0.15, 0.2) is 5.82 Å². The Morgan fingerprint density at radius 3 is 2.75 bits per heavy atom. The van der Waals surface area contributed by atoms with E-state index in [0.717, 1.165) is 38.0 Å². The number of piperidine rings is 1. The lowest BCUT2D eigenvalue weighted by atomic mass is 9.98. The van der Waals surface area contributed by atoms with Crippen molar-refractivity contribution in [1.29, 1.82) is 0 Å². The van der Waals surface area contributed by atoms with E-state index in [2.05, 4.69) is 9.88 Å². The standard InChI is InChI=1S/C11H14ClN3O/c12-9-5-10(13)11(14-6-9)15-3-1-8(7-16)2-4-15/h5-8H,1-4,13H2. The van der Waals surface area contributed by atoms with Crippen molar-refractivity contribution < 1.29 is 4.79 Å². The molecular weight excluding hydrogens is 226 g/mol. The Balaban J connectivity index is 2.11. The first-order chi connectivity index (χ1) is 7.70. The van der Waals surface area contributed by atoms with E-state index >= 15 is 0 Å². The lowest BCUT2D eigenvalue weighted by Crippen LogP contribution is -2.35. The highest BCUT2D eigenvalue weighted by molar-refractivity contribution is 6.30. The number of halogens is 1. The molecule has 1 aliphatic rings. The summed E-state index contributed by atoms with van der Waals surface area (Å²) in [7, 11) is 0. The van der Waals surface area contributed by atoms with Crippen molar-refractivity contribution >= 4 is 29.4 Å². The third-order valence-corrected chi connectivity index (χ3v) is 3.10. The summed E-state index contributed by atoms with van der Waals surface area (Å²) in [5.41, 5.74) is 6.46. The molecule has 0 radical (unpaired) electrons. The number of carbonyl (C=O) groups excluding carboxylic acids is 1. The fraction of sp³-hybridized carbons (Fsp3) is 0.455. The Bertz CT molecular complexity index is 389. The van der Waals surface area contributed by atoms with Crippen molar-refractivity contribution in [3.63, 3.8) is 0 Å². The van der Waals surface area contributed by atoms with Gasteiger partial charge in [-0.2, -0.15) is 0 Å². The molecule has 16 heavy (non-hydrogen) atoms. The second-order valence-electron chi connectivity index (χ2n) is 4.03. The zero-order valence-corrected chi connectivity index (χ0v) is 9.65. The number of nitrogens with two attached hydrogens (primary N) is 1. The fourth-order valence-electron chi connectivity index (χ4n) is 1.96. The minimum absolute atomic E-state index is 0.185. The van der Waals surface area contributed by atoms with Crippen LogP contribution >= 0.6 is 11.6 Å². The second kappa shape index (κ2) is 4.70. The van der Waals surface area contributed by atoms with Crippen molar-refractivity contribution in [2.75, 3.05) is 23.7 Å². The number of aromatic nitrogens is 1. The molecule has 1 aromatic heterocycles. The van der Waals surface area contributed by atoms with Gasteiger partial charge in [-0.1, -0.05) is 11.6 Å². The number of anilines is 2. The molecule has 2 rings (SSSR count). The van der Waals surface area contributed by atoms with Crippen molar-refractivity contribution in [3.05, 3.63) is 17.3 Å². The number of pyridine rings is 1. The van der Waals surface area contributed by atoms with Crippen LogP contribution in [-0.4, -0.2) is 24.4 Å². The minimum atomic E-state index is 0.185. The third kappa shape index (κ3) is 2.27. The van der Waals surface area contributed by atoms with E-state index in [1.165, 1.54) is 0 Å². The van der Waals surface area contributed by atoms with Crippen LogP contribution in [0.25, 0.3) is 0 Å². The largest absolute Gasteiger partial charge is 0.396 e. The van der Waals surface area contributed by atoms with Crippen LogP contribution in [0.4, 0.5) is 11.5 Å². The topological polar surface area (TPSA) is 59.2 Å². The lowest BCUT2D eigenvalue weighted by Gasteiger charge is -2.31. The number of hydrogen-bond acceptors (Lipinski definition) is 4. The van der Waals surface area contributed by atoms with Gasteiger partial charge in [-0.3, -0.25) is 0 Å². The van der Waals surface area contributed by atoms with Crippen LogP contribution in [0.1, 0.15) is 12.8 Å². The molecule has 0 saturated carbocycles. The zero-order valence-electron chi connectivity index (χ0n) is 8.90. The first-order valence-corrected chi connectivity index (χ1v) is 5.70. The predicted octanol–water partition coefficient (Wildman–Crippen LogP) is 1.73. The van der Waals surface area contributed by atoms with Crippen LogP contribution in [0, 0.1) is 5.92 Å². The van der Waals surface area contributed by atoms with Gasteiger partial charge in [0.05, 0.1) is 10.7 Å². The Morgan fingerprint density at radius 2 is 2.19 bits per heavy atom. The summed E-state index contributed by atoms with van der Waals surface area (Å²) in [5, 5.41) is 0.545. The number of hydrogen-bond donors (Lipinski definition) is 1. The van der Waals surface area contributed by atoms with Crippen LogP contribution in [0.15, 0.2) is 12.3 Å². The number of aldehydes is 1. The molecule has 1 aliphatic heterocycles. The number of rotatable bonds is 2. The predicted molar refractivity (Wildman–Crippen MR) is 64.7 cm³/mol. The molecule has 2 heterocycles. The summed E-state index contributed by atoms with van der Waals surface area (Å²) < 4.78 is 0. The van der Waals surface area contributed by atoms with E-state index in [0.29, 0.717) is 10.7 Å². The smallest absolute Gasteiger partial charge is 0.151 e. The third-order valence-electron chi connectivity index (χ3n) is 2.89. The molecule has 0 amide bonds. The first-order valence-electron chi connectivity index (χ1n) is 5.32. The van der Waals surface area contributed by atoms with E-state index in [9.17, 15) is 4.79 Å². The fourth-order valence-corrected chi connectivity index (χ4v) is 2.13. The zero-order chi connectivity index (χ0) is 11.5. The van der Waals surface area contributed by atoms with E-state index < -0.39 is 0 Å². The van der Waals surface area contributed by atoms with E-state index in [4.69, 9.17) is 17.3 Å². The van der Waals surface area contributed by atoms with Crippen molar-refractivity contribution in [3.8, 4) is 0 Å². The molecule has 0 aliphatic carbocycles. The van der Waals surface area contributed by atoms with Gasteiger partial charge in [0.1, 0.15) is 6.29 Å². The Morgan fingerprint density at radius 1 is 1.50 bits per heavy atom. The van der Waals surface area contributed by atoms with Gasteiger partial charge in [0, 0.05) is 25.2 Å². The number of carbonyl (C=O) groups is 1. The van der Waals surface area contributed by atoms with Gasteiger partial charge in [0.2, 0.25) is 0 Å². The summed E-state index contributed by atoms with van der Waals surface area (Å²) in [6, 6.07) is 1.70. The minimum Gasteiger partial charge on any atom is -0.396 e. The molecule has 5 heteroatoms.